The van der Waals surface area contributed by atoms with Crippen molar-refractivity contribution in [1.29, 1.82) is 0 Å². The smallest absolute Gasteiger partial charge is 0.287 e. The Kier molecular flexibility index (Phi) is 6.33. The summed E-state index contributed by atoms with van der Waals surface area (Å²) in [6, 6.07) is 13.3. The van der Waals surface area contributed by atoms with E-state index in [1.54, 1.807) is 29.5 Å². The number of carbonyl (C=O) groups excluding carboxylic acids is 1. The van der Waals surface area contributed by atoms with E-state index in [1.807, 2.05) is 30.4 Å². The summed E-state index contributed by atoms with van der Waals surface area (Å²) in [5.74, 6) is -0.331. The molecule has 0 spiro atoms. The first-order valence-electron chi connectivity index (χ1n) is 8.70. The van der Waals surface area contributed by atoms with Gasteiger partial charge in [-0.2, -0.15) is 11.3 Å². The van der Waals surface area contributed by atoms with Crippen molar-refractivity contribution < 1.29 is 17.6 Å². The molecule has 0 aliphatic rings. The third-order valence-corrected chi connectivity index (χ3v) is 6.68. The van der Waals surface area contributed by atoms with E-state index in [-0.39, 0.29) is 34.1 Å². The summed E-state index contributed by atoms with van der Waals surface area (Å²) in [6.45, 7) is 0.418. The van der Waals surface area contributed by atoms with Gasteiger partial charge in [-0.15, -0.1) is 0 Å². The maximum atomic E-state index is 12.4. The van der Waals surface area contributed by atoms with Gasteiger partial charge in [-0.05, 0) is 60.8 Å². The maximum Gasteiger partial charge on any atom is 0.287 e. The van der Waals surface area contributed by atoms with Crippen molar-refractivity contribution in [2.75, 3.05) is 20.6 Å². The van der Waals surface area contributed by atoms with E-state index in [9.17, 15) is 13.2 Å². The van der Waals surface area contributed by atoms with Crippen molar-refractivity contribution in [2.45, 2.75) is 16.7 Å². The van der Waals surface area contributed by atoms with Crippen LogP contribution in [-0.2, 0) is 15.6 Å². The van der Waals surface area contributed by atoms with Crippen LogP contribution in [0.4, 0.5) is 0 Å². The summed E-state index contributed by atoms with van der Waals surface area (Å²) in [6.07, 6.45) is 0. The molecule has 8 heteroatoms. The highest BCUT2D eigenvalue weighted by Gasteiger charge is 2.20. The molecule has 0 radical (unpaired) electrons. The lowest BCUT2D eigenvalue weighted by Crippen LogP contribution is -2.34. The van der Waals surface area contributed by atoms with Crippen LogP contribution in [0, 0.1) is 0 Å². The molecule has 0 aliphatic heterocycles. The Labute approximate surface area is 168 Å². The van der Waals surface area contributed by atoms with E-state index in [0.29, 0.717) is 6.54 Å². The number of likely N-dealkylation sites (N-methyl/N-ethyl adjacent to an activating group) is 1. The summed E-state index contributed by atoms with van der Waals surface area (Å²) in [4.78, 5) is 14.7. The van der Waals surface area contributed by atoms with Gasteiger partial charge in [0.15, 0.2) is 15.6 Å². The van der Waals surface area contributed by atoms with Gasteiger partial charge >= 0.3 is 0 Å². The van der Waals surface area contributed by atoms with Crippen molar-refractivity contribution in [2.24, 2.45) is 0 Å². The molecular weight excluding hydrogens is 396 g/mol. The first-order valence-corrected chi connectivity index (χ1v) is 11.3. The minimum atomic E-state index is -3.52. The Morgan fingerprint density at radius 1 is 1.14 bits per heavy atom. The van der Waals surface area contributed by atoms with Crippen LogP contribution in [0.15, 0.2) is 68.6 Å². The van der Waals surface area contributed by atoms with Crippen LogP contribution in [-0.4, -0.2) is 39.9 Å². The predicted molar refractivity (Wildman–Crippen MR) is 109 cm³/mol. The minimum Gasteiger partial charge on any atom is -0.455 e. The molecule has 3 aromatic rings. The van der Waals surface area contributed by atoms with Gasteiger partial charge in [0.25, 0.3) is 5.91 Å². The zero-order valence-electron chi connectivity index (χ0n) is 15.7. The largest absolute Gasteiger partial charge is 0.455 e. The van der Waals surface area contributed by atoms with Crippen molar-refractivity contribution in [3.63, 3.8) is 0 Å². The molecule has 1 amide bonds. The lowest BCUT2D eigenvalue weighted by atomic mass is 10.1. The zero-order valence-corrected chi connectivity index (χ0v) is 17.3. The van der Waals surface area contributed by atoms with Crippen LogP contribution in [0.25, 0.3) is 0 Å². The second-order valence-electron chi connectivity index (χ2n) is 6.58. The van der Waals surface area contributed by atoms with E-state index in [2.05, 4.69) is 10.7 Å². The molecule has 6 nitrogen and oxygen atoms in total. The number of benzene rings is 1. The number of sulfone groups is 1. The highest BCUT2D eigenvalue weighted by molar-refractivity contribution is 7.90. The molecule has 2 aromatic heterocycles. The lowest BCUT2D eigenvalue weighted by molar-refractivity contribution is 0.0912. The number of carbonyl (C=O) groups is 1. The summed E-state index contributed by atoms with van der Waals surface area (Å²) in [5, 5.41) is 6.91. The molecule has 1 atom stereocenters. The fourth-order valence-electron chi connectivity index (χ4n) is 2.82. The maximum absolute atomic E-state index is 12.4. The number of hydrogen-bond donors (Lipinski definition) is 1. The van der Waals surface area contributed by atoms with Gasteiger partial charge in [-0.25, -0.2) is 8.42 Å². The third kappa shape index (κ3) is 4.89. The number of nitrogens with one attached hydrogen (secondary N) is 1. The first kappa shape index (κ1) is 20.3. The molecule has 3 rings (SSSR count). The summed E-state index contributed by atoms with van der Waals surface area (Å²) in [5.41, 5.74) is 1.13. The van der Waals surface area contributed by atoms with E-state index in [0.717, 1.165) is 5.56 Å². The molecule has 0 fully saturated rings. The lowest BCUT2D eigenvalue weighted by Gasteiger charge is -2.23. The van der Waals surface area contributed by atoms with Crippen LogP contribution < -0.4 is 5.32 Å². The number of furan rings is 1. The van der Waals surface area contributed by atoms with Gasteiger partial charge in [0.2, 0.25) is 0 Å². The average Bonchev–Trinajstić information content (AvgIpc) is 3.34. The molecule has 0 bridgehead atoms. The van der Waals surface area contributed by atoms with Crippen molar-refractivity contribution in [1.82, 2.24) is 10.2 Å². The Morgan fingerprint density at radius 3 is 2.54 bits per heavy atom. The molecule has 2 heterocycles. The van der Waals surface area contributed by atoms with Crippen LogP contribution in [0.2, 0.25) is 0 Å². The molecule has 28 heavy (non-hydrogen) atoms. The fourth-order valence-corrected chi connectivity index (χ4v) is 4.79. The second kappa shape index (κ2) is 8.72. The molecule has 1 unspecified atom stereocenters. The molecule has 1 aromatic carbocycles. The van der Waals surface area contributed by atoms with Gasteiger partial charge in [0.05, 0.1) is 10.9 Å². The second-order valence-corrected chi connectivity index (χ2v) is 9.35. The highest BCUT2D eigenvalue weighted by Crippen LogP contribution is 2.21. The number of thiophene rings is 1. The van der Waals surface area contributed by atoms with Gasteiger partial charge in [-0.1, -0.05) is 18.2 Å². The van der Waals surface area contributed by atoms with Gasteiger partial charge in [-0.3, -0.25) is 4.79 Å². The summed E-state index contributed by atoms with van der Waals surface area (Å²) in [7, 11) is 0.381. The van der Waals surface area contributed by atoms with E-state index < -0.39 is 9.84 Å². The van der Waals surface area contributed by atoms with Crippen LogP contribution in [0.5, 0.6) is 0 Å². The van der Waals surface area contributed by atoms with Crippen LogP contribution >= 0.6 is 11.3 Å². The third-order valence-electron chi connectivity index (χ3n) is 4.33. The van der Waals surface area contributed by atoms with E-state index in [4.69, 9.17) is 4.42 Å². The average molecular weight is 419 g/mol. The first-order chi connectivity index (χ1) is 13.4. The Hall–Kier alpha value is -2.42. The SMILES string of the molecule is CN(C)C(CNC(=O)c1ccc(CS(=O)(=O)c2ccccc2)o1)c1ccsc1. The van der Waals surface area contributed by atoms with Crippen molar-refractivity contribution in [3.05, 3.63) is 76.4 Å². The number of nitrogens with zero attached hydrogens (tertiary/aromatic N) is 1. The number of hydrogen-bond acceptors (Lipinski definition) is 6. The van der Waals surface area contributed by atoms with Gasteiger partial charge in [0, 0.05) is 6.54 Å². The van der Waals surface area contributed by atoms with Gasteiger partial charge < -0.3 is 14.6 Å². The van der Waals surface area contributed by atoms with Crippen LogP contribution in [0.3, 0.4) is 0 Å². The van der Waals surface area contributed by atoms with Crippen molar-refractivity contribution in [3.8, 4) is 0 Å². The monoisotopic (exact) mass is 418 g/mol. The zero-order chi connectivity index (χ0) is 20.1. The minimum absolute atomic E-state index is 0.0445. The Morgan fingerprint density at radius 2 is 1.89 bits per heavy atom. The number of amides is 1. The van der Waals surface area contributed by atoms with Crippen molar-refractivity contribution >= 4 is 27.1 Å². The molecule has 0 aliphatic carbocycles. The molecule has 0 saturated carbocycles. The standard InChI is InChI=1S/C20H22N2O4S2/c1-22(2)18(15-10-11-27-13-15)12-21-20(23)19-9-8-16(26-19)14-28(24,25)17-6-4-3-5-7-17/h3-11,13,18H,12,14H2,1-2H3,(H,21,23). The highest BCUT2D eigenvalue weighted by atomic mass is 32.2. The van der Waals surface area contributed by atoms with Gasteiger partial charge in [0.1, 0.15) is 11.5 Å². The Bertz CT molecular complexity index is 1010. The summed E-state index contributed by atoms with van der Waals surface area (Å²) >= 11 is 1.61. The Balaban J connectivity index is 1.64. The van der Waals surface area contributed by atoms with Crippen LogP contribution in [0.1, 0.15) is 27.9 Å². The topological polar surface area (TPSA) is 79.6 Å². The molecule has 0 saturated heterocycles. The molecule has 1 N–H and O–H groups in total. The summed E-state index contributed by atoms with van der Waals surface area (Å²) < 4.78 is 30.4. The predicted octanol–water partition coefficient (Wildman–Crippen LogP) is 3.35. The number of rotatable bonds is 8. The molecule has 148 valence electrons. The molecular formula is C20H22N2O4S2. The normalized spacial score (nSPS) is 12.8. The fraction of sp³-hybridized carbons (Fsp3) is 0.250. The van der Waals surface area contributed by atoms with E-state index >= 15 is 0 Å². The quantitative estimate of drug-likeness (QED) is 0.607. The van der Waals surface area contributed by atoms with E-state index in [1.165, 1.54) is 24.3 Å².